The number of rotatable bonds is 5. The number of nitrogens with one attached hydrogen (secondary N) is 2. The average molecular weight is 363 g/mol. The zero-order valence-electron chi connectivity index (χ0n) is 15.0. The van der Waals surface area contributed by atoms with Crippen molar-refractivity contribution in [2.24, 2.45) is 0 Å². The van der Waals surface area contributed by atoms with Crippen molar-refractivity contribution < 1.29 is 4.39 Å². The highest BCUT2D eigenvalue weighted by molar-refractivity contribution is 5.65. The van der Waals surface area contributed by atoms with Crippen LogP contribution in [0.3, 0.4) is 0 Å². The number of pyridine rings is 1. The molecule has 4 rings (SSSR count). The lowest BCUT2D eigenvalue weighted by Gasteiger charge is -2.23. The number of anilines is 3. The lowest BCUT2D eigenvalue weighted by molar-refractivity contribution is 0.461. The Labute approximate surface area is 158 Å². The Morgan fingerprint density at radius 2 is 1.70 bits per heavy atom. The molecule has 0 radical (unpaired) electrons. The smallest absolute Gasteiger partial charge is 0.225 e. The number of nitrogens with zero attached hydrogens (tertiary/aromatic N) is 3. The number of hydrogen-bond donors (Lipinski definition) is 2. The molecule has 1 aromatic carbocycles. The number of para-hydroxylation sites is 1. The molecule has 1 fully saturated rings. The summed E-state index contributed by atoms with van der Waals surface area (Å²) in [6.45, 7) is 0. The molecule has 3 aromatic rings. The summed E-state index contributed by atoms with van der Waals surface area (Å²) in [4.78, 5) is 13.6. The fraction of sp³-hybridized carbons (Fsp3) is 0.286. The maximum Gasteiger partial charge on any atom is 0.225 e. The van der Waals surface area contributed by atoms with Crippen LogP contribution in [0.25, 0.3) is 11.4 Å². The van der Waals surface area contributed by atoms with Gasteiger partial charge in [-0.3, -0.25) is 4.98 Å². The van der Waals surface area contributed by atoms with E-state index in [-0.39, 0.29) is 5.82 Å². The van der Waals surface area contributed by atoms with Crippen LogP contribution < -0.4 is 10.6 Å². The van der Waals surface area contributed by atoms with Gasteiger partial charge >= 0.3 is 0 Å². The number of benzene rings is 1. The molecule has 2 heterocycles. The molecule has 1 aliphatic carbocycles. The fourth-order valence-corrected chi connectivity index (χ4v) is 3.35. The minimum atomic E-state index is -0.322. The van der Waals surface area contributed by atoms with Crippen molar-refractivity contribution in [1.29, 1.82) is 0 Å². The second-order valence-corrected chi connectivity index (χ2v) is 6.76. The molecule has 0 aliphatic heterocycles. The van der Waals surface area contributed by atoms with Crippen molar-refractivity contribution in [2.45, 2.75) is 38.1 Å². The maximum absolute atomic E-state index is 14.0. The van der Waals surface area contributed by atoms with Gasteiger partial charge in [-0.2, -0.15) is 4.98 Å². The molecule has 2 N–H and O–H groups in total. The van der Waals surface area contributed by atoms with Crippen LogP contribution in [0.4, 0.5) is 21.8 Å². The van der Waals surface area contributed by atoms with E-state index < -0.39 is 0 Å². The van der Waals surface area contributed by atoms with Crippen LogP contribution in [0, 0.1) is 5.82 Å². The second-order valence-electron chi connectivity index (χ2n) is 6.76. The van der Waals surface area contributed by atoms with Gasteiger partial charge in [0.15, 0.2) is 0 Å². The Morgan fingerprint density at radius 3 is 2.48 bits per heavy atom. The normalized spacial score (nSPS) is 14.7. The molecule has 0 bridgehead atoms. The summed E-state index contributed by atoms with van der Waals surface area (Å²) in [6, 6.07) is 14.4. The molecule has 138 valence electrons. The Kier molecular flexibility index (Phi) is 5.23. The molecule has 0 unspecified atom stereocenters. The fourth-order valence-electron chi connectivity index (χ4n) is 3.35. The van der Waals surface area contributed by atoms with Gasteiger partial charge in [0.05, 0.1) is 17.1 Å². The SMILES string of the molecule is Fc1ccccc1Nc1cc(-c2ccccn2)nc(NC2CCCCC2)n1. The highest BCUT2D eigenvalue weighted by Crippen LogP contribution is 2.25. The van der Waals surface area contributed by atoms with E-state index in [1.165, 1.54) is 25.3 Å². The van der Waals surface area contributed by atoms with E-state index in [1.54, 1.807) is 30.5 Å². The molecule has 0 saturated heterocycles. The summed E-state index contributed by atoms with van der Waals surface area (Å²) in [5.74, 6) is 0.759. The Hall–Kier alpha value is -3.02. The molecule has 6 heteroatoms. The van der Waals surface area contributed by atoms with Crippen molar-refractivity contribution >= 4 is 17.5 Å². The van der Waals surface area contributed by atoms with Crippen molar-refractivity contribution in [3.63, 3.8) is 0 Å². The highest BCUT2D eigenvalue weighted by Gasteiger charge is 2.16. The zero-order chi connectivity index (χ0) is 18.5. The van der Waals surface area contributed by atoms with Crippen molar-refractivity contribution in [3.05, 3.63) is 60.5 Å². The predicted molar refractivity (Wildman–Crippen MR) is 105 cm³/mol. The van der Waals surface area contributed by atoms with Crippen LogP contribution >= 0.6 is 0 Å². The molecule has 5 nitrogen and oxygen atoms in total. The van der Waals surface area contributed by atoms with Gasteiger partial charge in [-0.1, -0.05) is 37.5 Å². The molecule has 0 spiro atoms. The maximum atomic E-state index is 14.0. The lowest BCUT2D eigenvalue weighted by Crippen LogP contribution is -2.23. The van der Waals surface area contributed by atoms with E-state index in [1.807, 2.05) is 18.2 Å². The van der Waals surface area contributed by atoms with E-state index in [4.69, 9.17) is 0 Å². The van der Waals surface area contributed by atoms with Gasteiger partial charge in [0.1, 0.15) is 11.6 Å². The largest absolute Gasteiger partial charge is 0.351 e. The third-order valence-electron chi connectivity index (χ3n) is 4.73. The van der Waals surface area contributed by atoms with E-state index in [0.717, 1.165) is 18.5 Å². The molecular formula is C21H22FN5. The molecule has 0 atom stereocenters. The summed E-state index contributed by atoms with van der Waals surface area (Å²) in [7, 11) is 0. The van der Waals surface area contributed by atoms with Gasteiger partial charge < -0.3 is 10.6 Å². The molecule has 0 amide bonds. The van der Waals surface area contributed by atoms with Gasteiger partial charge in [0, 0.05) is 18.3 Å². The van der Waals surface area contributed by atoms with Crippen LogP contribution in [0.15, 0.2) is 54.7 Å². The molecule has 1 aliphatic rings. The first kappa shape index (κ1) is 17.4. The third kappa shape index (κ3) is 4.39. The molecule has 27 heavy (non-hydrogen) atoms. The minimum absolute atomic E-state index is 0.322. The summed E-state index contributed by atoms with van der Waals surface area (Å²) < 4.78 is 14.0. The number of halogens is 1. The Balaban J connectivity index is 1.66. The minimum Gasteiger partial charge on any atom is -0.351 e. The van der Waals surface area contributed by atoms with Gasteiger partial charge in [0.2, 0.25) is 5.95 Å². The first-order valence-electron chi connectivity index (χ1n) is 9.36. The van der Waals surface area contributed by atoms with E-state index >= 15 is 0 Å². The average Bonchev–Trinajstić information content (AvgIpc) is 2.71. The summed E-state index contributed by atoms with van der Waals surface area (Å²) in [5.41, 5.74) is 1.83. The quantitative estimate of drug-likeness (QED) is 0.655. The lowest BCUT2D eigenvalue weighted by atomic mass is 9.96. The van der Waals surface area contributed by atoms with Crippen LogP contribution in [0.5, 0.6) is 0 Å². The van der Waals surface area contributed by atoms with Crippen molar-refractivity contribution in [3.8, 4) is 11.4 Å². The summed E-state index contributed by atoms with van der Waals surface area (Å²) >= 11 is 0. The van der Waals surface area contributed by atoms with Crippen LogP contribution in [-0.2, 0) is 0 Å². The standard InChI is InChI=1S/C21H22FN5/c22-16-10-4-5-11-17(16)25-20-14-19(18-12-6-7-13-23-18)26-21(27-20)24-15-8-2-1-3-9-15/h4-7,10-15H,1-3,8-9H2,(H2,24,25,26,27). The summed E-state index contributed by atoms with van der Waals surface area (Å²) in [5, 5.41) is 6.51. The number of aromatic nitrogens is 3. The van der Waals surface area contributed by atoms with Gasteiger partial charge in [-0.05, 0) is 37.1 Å². The number of hydrogen-bond acceptors (Lipinski definition) is 5. The highest BCUT2D eigenvalue weighted by atomic mass is 19.1. The van der Waals surface area contributed by atoms with Gasteiger partial charge in [-0.15, -0.1) is 0 Å². The zero-order valence-corrected chi connectivity index (χ0v) is 15.0. The predicted octanol–water partition coefficient (Wildman–Crippen LogP) is 5.17. The van der Waals surface area contributed by atoms with Crippen molar-refractivity contribution in [2.75, 3.05) is 10.6 Å². The molecule has 1 saturated carbocycles. The van der Waals surface area contributed by atoms with E-state index in [0.29, 0.717) is 29.2 Å². The first-order chi connectivity index (χ1) is 13.3. The molecule has 2 aromatic heterocycles. The Bertz CT molecular complexity index is 894. The van der Waals surface area contributed by atoms with Crippen LogP contribution in [-0.4, -0.2) is 21.0 Å². The van der Waals surface area contributed by atoms with Crippen LogP contribution in [0.2, 0.25) is 0 Å². The third-order valence-corrected chi connectivity index (χ3v) is 4.73. The van der Waals surface area contributed by atoms with Crippen molar-refractivity contribution in [1.82, 2.24) is 15.0 Å². The first-order valence-corrected chi connectivity index (χ1v) is 9.36. The van der Waals surface area contributed by atoms with E-state index in [9.17, 15) is 4.39 Å². The second kappa shape index (κ2) is 8.12. The van der Waals surface area contributed by atoms with Gasteiger partial charge in [-0.25, -0.2) is 9.37 Å². The molecular weight excluding hydrogens is 341 g/mol. The Morgan fingerprint density at radius 1 is 0.889 bits per heavy atom. The summed E-state index contributed by atoms with van der Waals surface area (Å²) in [6.07, 6.45) is 7.69. The van der Waals surface area contributed by atoms with E-state index in [2.05, 4.69) is 25.6 Å². The monoisotopic (exact) mass is 363 g/mol. The van der Waals surface area contributed by atoms with Crippen LogP contribution in [0.1, 0.15) is 32.1 Å². The topological polar surface area (TPSA) is 62.7 Å². The van der Waals surface area contributed by atoms with Gasteiger partial charge in [0.25, 0.3) is 0 Å².